The lowest BCUT2D eigenvalue weighted by Crippen LogP contribution is -2.43. The van der Waals surface area contributed by atoms with Crippen LogP contribution in [0.2, 0.25) is 0 Å². The Bertz CT molecular complexity index is 701. The maximum atomic E-state index is 5.97. The number of nitrogens with two attached hydrogens (primary N) is 1. The first kappa shape index (κ1) is 18.0. The van der Waals surface area contributed by atoms with E-state index in [1.807, 2.05) is 0 Å². The van der Waals surface area contributed by atoms with Gasteiger partial charge < -0.3 is 26.7 Å². The zero-order chi connectivity index (χ0) is 17.8. The molecule has 0 spiro atoms. The van der Waals surface area contributed by atoms with Crippen molar-refractivity contribution in [1.29, 1.82) is 0 Å². The molecule has 0 saturated heterocycles. The van der Waals surface area contributed by atoms with Crippen LogP contribution in [0, 0.1) is 0 Å². The van der Waals surface area contributed by atoms with Crippen molar-refractivity contribution in [2.45, 2.75) is 63.2 Å². The summed E-state index contributed by atoms with van der Waals surface area (Å²) in [5.41, 5.74) is 10.1. The first-order valence-electron chi connectivity index (χ1n) is 10.3. The van der Waals surface area contributed by atoms with Crippen molar-refractivity contribution in [3.63, 3.8) is 0 Å². The average Bonchev–Trinajstić information content (AvgIpc) is 3.04. The fourth-order valence-corrected chi connectivity index (χ4v) is 4.47. The van der Waals surface area contributed by atoms with Gasteiger partial charge >= 0.3 is 0 Å². The van der Waals surface area contributed by atoms with Crippen LogP contribution in [0.4, 0.5) is 0 Å². The van der Waals surface area contributed by atoms with Crippen LogP contribution in [0.3, 0.4) is 0 Å². The van der Waals surface area contributed by atoms with E-state index in [1.54, 1.807) is 0 Å². The van der Waals surface area contributed by atoms with Crippen LogP contribution in [-0.4, -0.2) is 42.7 Å². The van der Waals surface area contributed by atoms with E-state index in [9.17, 15) is 0 Å². The summed E-state index contributed by atoms with van der Waals surface area (Å²) in [6.07, 6.45) is 7.14. The van der Waals surface area contributed by atoms with E-state index in [4.69, 9.17) is 5.73 Å². The second-order valence-corrected chi connectivity index (χ2v) is 8.03. The molecule has 4 rings (SSSR count). The molecule has 5 nitrogen and oxygen atoms in total. The zero-order valence-corrected chi connectivity index (χ0v) is 15.7. The summed E-state index contributed by atoms with van der Waals surface area (Å²) in [5.74, 6) is 0. The van der Waals surface area contributed by atoms with E-state index < -0.39 is 0 Å². The molecule has 1 aliphatic heterocycles. The summed E-state index contributed by atoms with van der Waals surface area (Å²) in [6.45, 7) is 4.18. The van der Waals surface area contributed by atoms with Crippen molar-refractivity contribution >= 4 is 10.9 Å². The predicted octanol–water partition coefficient (Wildman–Crippen LogP) is 2.02. The molecular weight excluding hydrogens is 322 g/mol. The number of para-hydroxylation sites is 1. The van der Waals surface area contributed by atoms with Crippen molar-refractivity contribution in [3.05, 3.63) is 35.5 Å². The number of rotatable bonds is 7. The van der Waals surface area contributed by atoms with Crippen LogP contribution in [0.5, 0.6) is 0 Å². The minimum atomic E-state index is 0.440. The maximum absolute atomic E-state index is 5.97. The van der Waals surface area contributed by atoms with Crippen LogP contribution in [0.25, 0.3) is 10.9 Å². The molecule has 1 saturated carbocycles. The van der Waals surface area contributed by atoms with E-state index in [-0.39, 0.29) is 0 Å². The lowest BCUT2D eigenvalue weighted by atomic mass is 9.92. The quantitative estimate of drug-likeness (QED) is 0.493. The van der Waals surface area contributed by atoms with Gasteiger partial charge in [0.2, 0.25) is 0 Å². The molecule has 6 N–H and O–H groups in total. The van der Waals surface area contributed by atoms with Crippen molar-refractivity contribution in [3.8, 4) is 0 Å². The summed E-state index contributed by atoms with van der Waals surface area (Å²) in [6, 6.07) is 10.3. The first-order chi connectivity index (χ1) is 12.8. The van der Waals surface area contributed by atoms with Gasteiger partial charge in [0.25, 0.3) is 0 Å². The molecule has 1 atom stereocenters. The van der Waals surface area contributed by atoms with Crippen LogP contribution < -0.4 is 21.7 Å². The number of hydrogen-bond donors (Lipinski definition) is 5. The van der Waals surface area contributed by atoms with Gasteiger partial charge in [0.05, 0.1) is 0 Å². The number of aromatic nitrogens is 1. The van der Waals surface area contributed by atoms with Gasteiger partial charge in [0.15, 0.2) is 0 Å². The second-order valence-electron chi connectivity index (χ2n) is 8.03. The molecule has 0 radical (unpaired) electrons. The Morgan fingerprint density at radius 3 is 2.81 bits per heavy atom. The van der Waals surface area contributed by atoms with Crippen LogP contribution in [-0.2, 0) is 13.0 Å². The van der Waals surface area contributed by atoms with Gasteiger partial charge in [0, 0.05) is 47.8 Å². The van der Waals surface area contributed by atoms with Crippen molar-refractivity contribution < 1.29 is 0 Å². The van der Waals surface area contributed by atoms with Gasteiger partial charge in [-0.3, -0.25) is 0 Å². The molecule has 0 amide bonds. The number of aromatic amines is 1. The van der Waals surface area contributed by atoms with E-state index in [1.165, 1.54) is 54.3 Å². The Labute approximate surface area is 156 Å². The maximum Gasteiger partial charge on any atom is 0.0459 e. The molecule has 1 aliphatic carbocycles. The van der Waals surface area contributed by atoms with Gasteiger partial charge in [-0.25, -0.2) is 0 Å². The minimum absolute atomic E-state index is 0.440. The molecule has 1 aromatic carbocycles. The number of hydrogen-bond acceptors (Lipinski definition) is 4. The van der Waals surface area contributed by atoms with Crippen LogP contribution >= 0.6 is 0 Å². The monoisotopic (exact) mass is 355 g/mol. The van der Waals surface area contributed by atoms with E-state index >= 15 is 0 Å². The van der Waals surface area contributed by atoms with Crippen molar-refractivity contribution in [1.82, 2.24) is 20.9 Å². The third-order valence-electron chi connectivity index (χ3n) is 6.05. The SMILES string of the molecule is NC1CCC(NCCCNCC2Cc3c([nH]c4ccccc34)CN2)CC1. The van der Waals surface area contributed by atoms with Gasteiger partial charge in [-0.05, 0) is 63.2 Å². The Morgan fingerprint density at radius 2 is 1.92 bits per heavy atom. The molecule has 26 heavy (non-hydrogen) atoms. The van der Waals surface area contributed by atoms with Crippen LogP contribution in [0.1, 0.15) is 43.4 Å². The second kappa shape index (κ2) is 8.53. The molecular formula is C21H33N5. The Kier molecular flexibility index (Phi) is 5.90. The number of nitrogens with one attached hydrogen (secondary N) is 4. The molecule has 1 aromatic heterocycles. The van der Waals surface area contributed by atoms with E-state index in [0.29, 0.717) is 18.1 Å². The molecule has 1 fully saturated rings. The molecule has 2 heterocycles. The fraction of sp³-hybridized carbons (Fsp3) is 0.619. The largest absolute Gasteiger partial charge is 0.357 e. The lowest BCUT2D eigenvalue weighted by molar-refractivity contribution is 0.341. The number of fused-ring (bicyclic) bond motifs is 3. The summed E-state index contributed by atoms with van der Waals surface area (Å²) in [4.78, 5) is 3.56. The highest BCUT2D eigenvalue weighted by Crippen LogP contribution is 2.26. The topological polar surface area (TPSA) is 77.9 Å². The lowest BCUT2D eigenvalue weighted by Gasteiger charge is -2.27. The highest BCUT2D eigenvalue weighted by atomic mass is 15.0. The van der Waals surface area contributed by atoms with Crippen molar-refractivity contribution in [2.75, 3.05) is 19.6 Å². The smallest absolute Gasteiger partial charge is 0.0459 e. The summed E-state index contributed by atoms with van der Waals surface area (Å²) in [5, 5.41) is 12.4. The highest BCUT2D eigenvalue weighted by molar-refractivity contribution is 5.84. The standard InChI is InChI=1S/C21H33N5/c22-15-6-8-16(9-7-15)24-11-3-10-23-13-17-12-19-18-4-1-2-5-20(18)26-21(19)14-25-17/h1-2,4-5,15-17,23-26H,3,6-14,22H2. The number of H-pyrrole nitrogens is 1. The fourth-order valence-electron chi connectivity index (χ4n) is 4.47. The zero-order valence-electron chi connectivity index (χ0n) is 15.7. The van der Waals surface area contributed by atoms with E-state index in [0.717, 1.165) is 32.6 Å². The molecule has 1 unspecified atom stereocenters. The van der Waals surface area contributed by atoms with Crippen molar-refractivity contribution in [2.24, 2.45) is 5.73 Å². The Balaban J connectivity index is 1.15. The normalized spacial score (nSPS) is 26.1. The third kappa shape index (κ3) is 4.29. The summed E-state index contributed by atoms with van der Waals surface area (Å²) in [7, 11) is 0. The Hall–Kier alpha value is -1.40. The molecule has 0 bridgehead atoms. The summed E-state index contributed by atoms with van der Waals surface area (Å²) >= 11 is 0. The minimum Gasteiger partial charge on any atom is -0.357 e. The molecule has 5 heteroatoms. The van der Waals surface area contributed by atoms with Gasteiger partial charge in [-0.15, -0.1) is 0 Å². The molecule has 2 aromatic rings. The third-order valence-corrected chi connectivity index (χ3v) is 6.05. The average molecular weight is 356 g/mol. The summed E-state index contributed by atoms with van der Waals surface area (Å²) < 4.78 is 0. The highest BCUT2D eigenvalue weighted by Gasteiger charge is 2.21. The molecule has 142 valence electrons. The number of benzene rings is 1. The van der Waals surface area contributed by atoms with Gasteiger partial charge in [-0.2, -0.15) is 0 Å². The first-order valence-corrected chi connectivity index (χ1v) is 10.3. The van der Waals surface area contributed by atoms with Gasteiger partial charge in [-0.1, -0.05) is 18.2 Å². The van der Waals surface area contributed by atoms with Crippen LogP contribution in [0.15, 0.2) is 24.3 Å². The molecule has 2 aliphatic rings. The van der Waals surface area contributed by atoms with E-state index in [2.05, 4.69) is 45.2 Å². The van der Waals surface area contributed by atoms with Gasteiger partial charge in [0.1, 0.15) is 0 Å². The Morgan fingerprint density at radius 1 is 1.08 bits per heavy atom. The predicted molar refractivity (Wildman–Crippen MR) is 108 cm³/mol.